The second-order valence-electron chi connectivity index (χ2n) is 7.87. The zero-order chi connectivity index (χ0) is 20.4. The summed E-state index contributed by atoms with van der Waals surface area (Å²) in [5.74, 6) is 2.10. The lowest BCUT2D eigenvalue weighted by atomic mass is 9.84. The molecule has 0 saturated heterocycles. The Morgan fingerprint density at radius 3 is 2.76 bits per heavy atom. The van der Waals surface area contributed by atoms with Crippen molar-refractivity contribution in [2.45, 2.75) is 37.0 Å². The molecule has 0 radical (unpaired) electrons. The quantitative estimate of drug-likeness (QED) is 0.589. The van der Waals surface area contributed by atoms with Crippen molar-refractivity contribution >= 4 is 40.0 Å². The average Bonchev–Trinajstić information content (AvgIpc) is 3.12. The maximum Gasteiger partial charge on any atom is 0.260 e. The molecule has 1 heterocycles. The molecular weight excluding hydrogens is 400 g/mol. The van der Waals surface area contributed by atoms with E-state index in [1.54, 1.807) is 17.6 Å². The first-order valence-corrected chi connectivity index (χ1v) is 12.8. The predicted octanol–water partition coefficient (Wildman–Crippen LogP) is 4.90. The number of carbonyl (C=O) groups excluding carboxylic acids is 1. The smallest absolute Gasteiger partial charge is 0.260 e. The van der Waals surface area contributed by atoms with Crippen LogP contribution in [-0.4, -0.2) is 35.7 Å². The second-order valence-corrected chi connectivity index (χ2v) is 10.4. The third-order valence-electron chi connectivity index (χ3n) is 6.07. The Balaban J connectivity index is 1.49. The largest absolute Gasteiger partial charge is 0.308 e. The third kappa shape index (κ3) is 4.38. The number of fused-ring (bicyclic) bond motifs is 1. The average molecular weight is 429 g/mol. The van der Waals surface area contributed by atoms with E-state index in [1.807, 2.05) is 40.9 Å². The SMILES string of the molecule is CN(c1ccccc1C(=O)N1CCc2cc(SCCC3CCC3)ccc21)S(C)=O. The lowest BCUT2D eigenvalue weighted by molar-refractivity contribution is 0.0990. The number of thioether (sulfide) groups is 1. The predicted molar refractivity (Wildman–Crippen MR) is 123 cm³/mol. The highest BCUT2D eigenvalue weighted by Crippen LogP contribution is 2.36. The van der Waals surface area contributed by atoms with Gasteiger partial charge >= 0.3 is 0 Å². The number of hydrogen-bond donors (Lipinski definition) is 0. The summed E-state index contributed by atoms with van der Waals surface area (Å²) in [7, 11) is 0.576. The molecule has 1 unspecified atom stereocenters. The van der Waals surface area contributed by atoms with Crippen molar-refractivity contribution in [1.29, 1.82) is 0 Å². The summed E-state index contributed by atoms with van der Waals surface area (Å²) >= 11 is 1.94. The van der Waals surface area contributed by atoms with E-state index in [2.05, 4.69) is 18.2 Å². The van der Waals surface area contributed by atoms with E-state index < -0.39 is 11.0 Å². The van der Waals surface area contributed by atoms with Gasteiger partial charge in [0.15, 0.2) is 0 Å². The molecule has 0 bridgehead atoms. The molecule has 154 valence electrons. The van der Waals surface area contributed by atoms with Crippen molar-refractivity contribution in [2.75, 3.05) is 34.8 Å². The van der Waals surface area contributed by atoms with E-state index in [0.29, 0.717) is 17.8 Å². The Hall–Kier alpha value is -1.79. The molecule has 1 aliphatic carbocycles. The molecule has 1 saturated carbocycles. The van der Waals surface area contributed by atoms with Crippen LogP contribution in [0.1, 0.15) is 41.6 Å². The fourth-order valence-electron chi connectivity index (χ4n) is 4.02. The number of benzene rings is 2. The van der Waals surface area contributed by atoms with E-state index in [9.17, 15) is 9.00 Å². The lowest BCUT2D eigenvalue weighted by Gasteiger charge is -2.25. The highest BCUT2D eigenvalue weighted by molar-refractivity contribution is 7.99. The molecule has 0 aromatic heterocycles. The number of anilines is 2. The van der Waals surface area contributed by atoms with Crippen LogP contribution in [0.25, 0.3) is 0 Å². The van der Waals surface area contributed by atoms with Crippen LogP contribution in [0.4, 0.5) is 11.4 Å². The minimum absolute atomic E-state index is 0.0259. The number of rotatable bonds is 7. The number of nitrogens with zero attached hydrogens (tertiary/aromatic N) is 2. The summed E-state index contributed by atoms with van der Waals surface area (Å²) in [6, 6.07) is 13.9. The number of amides is 1. The summed E-state index contributed by atoms with van der Waals surface area (Å²) in [5.41, 5.74) is 3.55. The van der Waals surface area contributed by atoms with E-state index in [0.717, 1.165) is 18.0 Å². The molecule has 0 N–H and O–H groups in total. The minimum Gasteiger partial charge on any atom is -0.308 e. The Morgan fingerprint density at radius 2 is 2.03 bits per heavy atom. The van der Waals surface area contributed by atoms with Gasteiger partial charge in [-0.1, -0.05) is 31.4 Å². The van der Waals surface area contributed by atoms with Gasteiger partial charge in [0, 0.05) is 30.4 Å². The van der Waals surface area contributed by atoms with Crippen molar-refractivity contribution < 1.29 is 9.00 Å². The van der Waals surface area contributed by atoms with E-state index in [-0.39, 0.29) is 5.91 Å². The molecule has 2 aromatic carbocycles. The number of hydrogen-bond acceptors (Lipinski definition) is 3. The molecule has 0 spiro atoms. The standard InChI is InChI=1S/C23H28N2O2S2/c1-24(29(2)27)22-9-4-3-8-20(22)23(26)25-14-12-18-16-19(10-11-21(18)25)28-15-13-17-6-5-7-17/h3-4,8-11,16-17H,5-7,12-15H2,1-2H3. The van der Waals surface area contributed by atoms with Gasteiger partial charge in [-0.05, 0) is 60.4 Å². The summed E-state index contributed by atoms with van der Waals surface area (Å²) in [5, 5.41) is 0. The van der Waals surface area contributed by atoms with Gasteiger partial charge in [-0.15, -0.1) is 11.8 Å². The second kappa shape index (κ2) is 8.92. The summed E-state index contributed by atoms with van der Waals surface area (Å²) in [6.07, 6.45) is 8.04. The first-order chi connectivity index (χ1) is 14.0. The molecule has 1 fully saturated rings. The van der Waals surface area contributed by atoms with Crippen LogP contribution in [0.2, 0.25) is 0 Å². The maximum absolute atomic E-state index is 13.3. The van der Waals surface area contributed by atoms with Gasteiger partial charge in [0.2, 0.25) is 0 Å². The number of para-hydroxylation sites is 1. The topological polar surface area (TPSA) is 40.6 Å². The molecule has 6 heteroatoms. The van der Waals surface area contributed by atoms with Crippen LogP contribution < -0.4 is 9.21 Å². The van der Waals surface area contributed by atoms with Crippen LogP contribution >= 0.6 is 11.8 Å². The monoisotopic (exact) mass is 428 g/mol. The molecule has 29 heavy (non-hydrogen) atoms. The van der Waals surface area contributed by atoms with Crippen LogP contribution in [-0.2, 0) is 17.4 Å². The Kier molecular flexibility index (Phi) is 6.30. The normalized spacial score (nSPS) is 17.0. The Bertz CT molecular complexity index is 927. The molecule has 1 aliphatic heterocycles. The Morgan fingerprint density at radius 1 is 1.24 bits per heavy atom. The summed E-state index contributed by atoms with van der Waals surface area (Å²) in [4.78, 5) is 16.5. The molecule has 1 amide bonds. The van der Waals surface area contributed by atoms with Gasteiger partial charge < -0.3 is 4.90 Å². The van der Waals surface area contributed by atoms with Gasteiger partial charge in [0.1, 0.15) is 11.0 Å². The van der Waals surface area contributed by atoms with Crippen molar-refractivity contribution in [3.8, 4) is 0 Å². The van der Waals surface area contributed by atoms with Crippen molar-refractivity contribution in [1.82, 2.24) is 0 Å². The lowest BCUT2D eigenvalue weighted by Crippen LogP contribution is -2.31. The molecule has 1 atom stereocenters. The van der Waals surface area contributed by atoms with Crippen LogP contribution in [0.15, 0.2) is 47.4 Å². The van der Waals surface area contributed by atoms with Gasteiger partial charge in [-0.3, -0.25) is 9.10 Å². The molecule has 4 rings (SSSR count). The Labute approximate surface area is 180 Å². The van der Waals surface area contributed by atoms with E-state index >= 15 is 0 Å². The van der Waals surface area contributed by atoms with E-state index in [1.165, 1.54) is 41.9 Å². The maximum atomic E-state index is 13.3. The fourth-order valence-corrected chi connectivity index (χ4v) is 5.53. The first kappa shape index (κ1) is 20.5. The number of carbonyl (C=O) groups is 1. The summed E-state index contributed by atoms with van der Waals surface area (Å²) in [6.45, 7) is 0.692. The third-order valence-corrected chi connectivity index (χ3v) is 8.07. The highest BCUT2D eigenvalue weighted by atomic mass is 32.2. The van der Waals surface area contributed by atoms with Crippen molar-refractivity contribution in [2.24, 2.45) is 5.92 Å². The highest BCUT2D eigenvalue weighted by Gasteiger charge is 2.28. The van der Waals surface area contributed by atoms with Crippen molar-refractivity contribution in [3.05, 3.63) is 53.6 Å². The first-order valence-electron chi connectivity index (χ1n) is 10.3. The van der Waals surface area contributed by atoms with E-state index in [4.69, 9.17) is 0 Å². The van der Waals surface area contributed by atoms with Gasteiger partial charge in [-0.2, -0.15) is 0 Å². The molecule has 2 aliphatic rings. The van der Waals surface area contributed by atoms with Gasteiger partial charge in [0.25, 0.3) is 5.91 Å². The van der Waals surface area contributed by atoms with Crippen LogP contribution in [0.3, 0.4) is 0 Å². The summed E-state index contributed by atoms with van der Waals surface area (Å²) < 4.78 is 13.6. The minimum atomic E-state index is -1.18. The van der Waals surface area contributed by atoms with Crippen LogP contribution in [0, 0.1) is 5.92 Å². The zero-order valence-electron chi connectivity index (χ0n) is 17.1. The fraction of sp³-hybridized carbons (Fsp3) is 0.435. The molecule has 4 nitrogen and oxygen atoms in total. The van der Waals surface area contributed by atoms with Crippen molar-refractivity contribution in [3.63, 3.8) is 0 Å². The molecule has 2 aromatic rings. The zero-order valence-corrected chi connectivity index (χ0v) is 18.7. The molecular formula is C23H28N2O2S2. The van der Waals surface area contributed by atoms with Gasteiger partial charge in [-0.25, -0.2) is 4.21 Å². The van der Waals surface area contributed by atoms with Gasteiger partial charge in [0.05, 0.1) is 11.3 Å². The van der Waals surface area contributed by atoms with Crippen LogP contribution in [0.5, 0.6) is 0 Å².